The number of hydrogen-bond donors (Lipinski definition) is 0. The van der Waals surface area contributed by atoms with Crippen LogP contribution in [0.4, 0.5) is 13.2 Å². The molecule has 0 amide bonds. The number of alkyl halides is 3. The third-order valence-corrected chi connectivity index (χ3v) is 11.4. The lowest BCUT2D eigenvalue weighted by molar-refractivity contribution is -0.137. The second kappa shape index (κ2) is 13.2. The van der Waals surface area contributed by atoms with Gasteiger partial charge < -0.3 is 13.5 Å². The summed E-state index contributed by atoms with van der Waals surface area (Å²) in [7, 11) is -5.55. The fraction of sp³-hybridized carbons (Fsp3) is 0.821. The van der Waals surface area contributed by atoms with Gasteiger partial charge in [-0.3, -0.25) is 4.79 Å². The average Bonchev–Trinajstić information content (AvgIpc) is 2.98. The van der Waals surface area contributed by atoms with E-state index in [4.69, 9.17) is 12.3 Å². The van der Waals surface area contributed by atoms with Gasteiger partial charge in [0.05, 0.1) is 11.2 Å². The SMILES string of the molecule is CC1(C)OB(C2=CC3(CCC3)C2)OC1(C)C.I.II.O=C1CC2(CCC2)C1.O=S(=O)(OC1=CC2(CCC2)C1)C(F)(F)F.[2HH].[2H][2H]. The summed E-state index contributed by atoms with van der Waals surface area (Å²) in [5.41, 5.74) is -3.29. The van der Waals surface area contributed by atoms with Crippen LogP contribution in [0.5, 0.6) is 0 Å². The second-order valence-corrected chi connectivity index (χ2v) is 15.5. The quantitative estimate of drug-likeness (QED) is 0.121. The molecule has 6 nitrogen and oxygen atoms in total. The predicted molar refractivity (Wildman–Crippen MR) is 188 cm³/mol. The van der Waals surface area contributed by atoms with E-state index in [9.17, 15) is 26.4 Å². The van der Waals surface area contributed by atoms with Gasteiger partial charge in [0, 0.05) is 60.9 Å². The molecule has 0 aromatic heterocycles. The van der Waals surface area contributed by atoms with E-state index in [0.29, 0.717) is 23.0 Å². The van der Waals surface area contributed by atoms with Gasteiger partial charge in [0.15, 0.2) is 0 Å². The van der Waals surface area contributed by atoms with Crippen LogP contribution in [0, 0.1) is 16.2 Å². The normalized spacial score (nSPS) is 27.6. The number of ketones is 1. The van der Waals surface area contributed by atoms with Crippen LogP contribution in [-0.2, 0) is 28.4 Å². The van der Waals surface area contributed by atoms with Crippen molar-refractivity contribution < 1.29 is 44.3 Å². The molecule has 14 heteroatoms. The minimum Gasteiger partial charge on any atom is -0.400 e. The molecule has 1 aliphatic heterocycles. The zero-order valence-corrected chi connectivity index (χ0v) is 32.0. The molecule has 244 valence electrons. The first kappa shape index (κ1) is 35.7. The molecule has 0 aromatic rings. The Balaban J connectivity index is 0.000000325. The number of halogens is 6. The molecule has 0 atom stereocenters. The number of allylic oxidation sites excluding steroid dienone is 4. The average molecular weight is 961 g/mol. The molecule has 0 radical (unpaired) electrons. The molecule has 7 rings (SSSR count). The fourth-order valence-corrected chi connectivity index (χ4v) is 7.02. The maximum Gasteiger partial charge on any atom is 0.534 e. The van der Waals surface area contributed by atoms with Crippen molar-refractivity contribution in [1.29, 1.82) is 0 Å². The van der Waals surface area contributed by atoms with Crippen molar-refractivity contribution in [3.8, 4) is 0 Å². The van der Waals surface area contributed by atoms with E-state index in [1.54, 1.807) is 0 Å². The number of Topliss-reactive ketones (excluding diaryl/α,β-unsaturated/α-hetero) is 1. The van der Waals surface area contributed by atoms with Crippen molar-refractivity contribution >= 4 is 84.2 Å². The predicted octanol–water partition coefficient (Wildman–Crippen LogP) is 9.83. The summed E-state index contributed by atoms with van der Waals surface area (Å²) in [6.07, 6.45) is 18.3. The number of carbonyl (C=O) groups is 1. The Morgan fingerprint density at radius 3 is 1.55 bits per heavy atom. The smallest absolute Gasteiger partial charge is 0.400 e. The van der Waals surface area contributed by atoms with Crippen LogP contribution < -0.4 is 0 Å². The zero-order valence-electron chi connectivity index (χ0n) is 26.6. The molecule has 0 N–H and O–H groups in total. The lowest BCUT2D eigenvalue weighted by Crippen LogP contribution is -2.42. The van der Waals surface area contributed by atoms with Crippen molar-refractivity contribution in [2.75, 3.05) is 0 Å². The molecule has 0 bridgehead atoms. The Kier molecular flexibility index (Phi) is 11.2. The molecular weight excluding hydrogens is 913 g/mol. The van der Waals surface area contributed by atoms with E-state index in [2.05, 4.69) is 75.2 Å². The molecule has 0 unspecified atom stereocenters. The maximum absolute atomic E-state index is 11.9. The molecule has 0 aromatic carbocycles. The Hall–Kier alpha value is 0.865. The first-order chi connectivity index (χ1) is 19.9. The van der Waals surface area contributed by atoms with E-state index < -0.39 is 15.6 Å². The Morgan fingerprint density at radius 2 is 1.26 bits per heavy atom. The van der Waals surface area contributed by atoms with Gasteiger partial charge in [-0.15, -0.1) is 24.0 Å². The Labute approximate surface area is 293 Å². The first-order valence-corrected chi connectivity index (χ1v) is 22.0. The highest BCUT2D eigenvalue weighted by Crippen LogP contribution is 2.57. The highest BCUT2D eigenvalue weighted by Gasteiger charge is 2.56. The summed E-state index contributed by atoms with van der Waals surface area (Å²) >= 11 is 4.24. The summed E-state index contributed by atoms with van der Waals surface area (Å²) in [5.74, 6) is 0.414. The molecule has 3 spiro atoms. The van der Waals surface area contributed by atoms with Crippen LogP contribution in [0.25, 0.3) is 0 Å². The van der Waals surface area contributed by atoms with Crippen molar-refractivity contribution in [2.45, 2.75) is 128 Å². The van der Waals surface area contributed by atoms with Gasteiger partial charge in [-0.1, -0.05) is 25.3 Å². The van der Waals surface area contributed by atoms with Gasteiger partial charge in [0.1, 0.15) is 11.5 Å². The van der Waals surface area contributed by atoms with Crippen LogP contribution in [0.1, 0.15) is 116 Å². The summed E-state index contributed by atoms with van der Waals surface area (Å²) in [4.78, 5) is 10.5. The monoisotopic (exact) mass is 961 g/mol. The minimum absolute atomic E-state index is 0. The summed E-state index contributed by atoms with van der Waals surface area (Å²) in [5, 5.41) is 0. The topological polar surface area (TPSA) is 78.9 Å². The van der Waals surface area contributed by atoms with Crippen molar-refractivity contribution in [3.05, 3.63) is 23.4 Å². The van der Waals surface area contributed by atoms with Crippen molar-refractivity contribution in [2.24, 2.45) is 16.2 Å². The Morgan fingerprint density at radius 1 is 0.857 bits per heavy atom. The molecule has 7 aliphatic rings. The molecule has 6 aliphatic carbocycles. The van der Waals surface area contributed by atoms with Gasteiger partial charge >= 0.3 is 22.7 Å². The van der Waals surface area contributed by atoms with E-state index in [1.165, 1.54) is 56.5 Å². The van der Waals surface area contributed by atoms with E-state index in [1.807, 2.05) is 0 Å². The largest absolute Gasteiger partial charge is 0.534 e. The van der Waals surface area contributed by atoms with Gasteiger partial charge in [0.25, 0.3) is 0 Å². The minimum atomic E-state index is -5.46. The van der Waals surface area contributed by atoms with Crippen LogP contribution in [0.2, 0.25) is 0 Å². The molecule has 42 heavy (non-hydrogen) atoms. The fourth-order valence-electron chi connectivity index (χ4n) is 6.54. The zero-order chi connectivity index (χ0) is 32.5. The lowest BCUT2D eigenvalue weighted by atomic mass is 9.51. The molecule has 1 heterocycles. The molecule has 5 fully saturated rings. The molecule has 4 saturated carbocycles. The number of carbonyl (C=O) groups excluding carboxylic acids is 1. The standard InChI is InChI=1S/C13H21BO2.C8H9F3O3S.C7H10O.I2.HI.2H2/c1-11(2)12(3,4)16-14(15-11)10-8-13(9-10)6-5-7-13;9-8(10,11)15(12,13)14-6-4-7(5-6)2-1-3-7;8-6-4-7(5-6)2-1-3-7;1-2;;;/h8H,5-7,9H2,1-4H3;4H,1-3,5H2;1-5H2;;3*1H/i;;;;;1+1D;1+1. The van der Waals surface area contributed by atoms with Crippen molar-refractivity contribution in [1.82, 2.24) is 0 Å². The summed E-state index contributed by atoms with van der Waals surface area (Å²) < 4.78 is 82.9. The number of hydrogen-bond acceptors (Lipinski definition) is 6. The number of rotatable bonds is 3. The third kappa shape index (κ3) is 7.70. The molecule has 1 saturated heterocycles. The second-order valence-electron chi connectivity index (χ2n) is 13.9. The van der Waals surface area contributed by atoms with Gasteiger partial charge in [-0.05, 0) is 100 Å². The van der Waals surface area contributed by atoms with Gasteiger partial charge in [0.2, 0.25) is 0 Å². The van der Waals surface area contributed by atoms with Crippen LogP contribution in [-0.4, -0.2) is 38.0 Å². The van der Waals surface area contributed by atoms with E-state index in [0.717, 1.165) is 32.1 Å². The maximum atomic E-state index is 11.9. The van der Waals surface area contributed by atoms with Gasteiger partial charge in [-0.2, -0.15) is 21.6 Å². The van der Waals surface area contributed by atoms with Crippen LogP contribution >= 0.6 is 61.2 Å². The summed E-state index contributed by atoms with van der Waals surface area (Å²) in [6, 6.07) is 0. The van der Waals surface area contributed by atoms with Crippen LogP contribution in [0.3, 0.4) is 0 Å². The third-order valence-electron chi connectivity index (χ3n) is 10.4. The van der Waals surface area contributed by atoms with Gasteiger partial charge in [-0.25, -0.2) is 0 Å². The van der Waals surface area contributed by atoms with Crippen LogP contribution in [0.15, 0.2) is 23.4 Å². The van der Waals surface area contributed by atoms with Crippen molar-refractivity contribution in [3.63, 3.8) is 0 Å². The van der Waals surface area contributed by atoms with E-state index in [-0.39, 0.29) is 54.9 Å². The highest BCUT2D eigenvalue weighted by atomic mass is 128. The Bertz CT molecular complexity index is 1180. The highest BCUT2D eigenvalue weighted by molar-refractivity contribution is 15.0. The molecular formula is C28H45BF3I3O6S. The lowest BCUT2D eigenvalue weighted by Gasteiger charge is -2.47. The summed E-state index contributed by atoms with van der Waals surface area (Å²) in [6.45, 7) is 8.47. The first-order valence-electron chi connectivity index (χ1n) is 15.3. The van der Waals surface area contributed by atoms with E-state index >= 15 is 0 Å².